The van der Waals surface area contributed by atoms with Gasteiger partial charge in [0.1, 0.15) is 6.61 Å². The molecular formula is C12H12NO8. The van der Waals surface area contributed by atoms with Crippen LogP contribution in [0.3, 0.4) is 0 Å². The van der Waals surface area contributed by atoms with E-state index in [1.54, 1.807) is 0 Å². The van der Waals surface area contributed by atoms with E-state index in [2.05, 4.69) is 4.74 Å². The number of rotatable bonds is 8. The van der Waals surface area contributed by atoms with Crippen LogP contribution in [0.25, 0.3) is 0 Å². The van der Waals surface area contributed by atoms with Crippen molar-refractivity contribution < 1.29 is 33.5 Å². The van der Waals surface area contributed by atoms with E-state index >= 15 is 0 Å². The van der Waals surface area contributed by atoms with E-state index in [4.69, 9.17) is 14.2 Å². The van der Waals surface area contributed by atoms with Crippen LogP contribution in [-0.4, -0.2) is 38.2 Å². The van der Waals surface area contributed by atoms with Gasteiger partial charge in [-0.15, -0.1) is 0 Å². The molecule has 0 N–H and O–H groups in total. The molecule has 9 heteroatoms. The Bertz CT molecular complexity index is 542. The molecule has 0 atom stereocenters. The number of esters is 1. The van der Waals surface area contributed by atoms with Crippen molar-refractivity contribution in [3.05, 3.63) is 27.8 Å². The van der Waals surface area contributed by atoms with Crippen LogP contribution in [0.4, 0.5) is 5.69 Å². The van der Waals surface area contributed by atoms with Crippen molar-refractivity contribution in [2.75, 3.05) is 20.8 Å². The van der Waals surface area contributed by atoms with E-state index in [9.17, 15) is 19.7 Å². The molecule has 0 bridgehead atoms. The van der Waals surface area contributed by atoms with Gasteiger partial charge in [-0.3, -0.25) is 10.1 Å². The summed E-state index contributed by atoms with van der Waals surface area (Å²) in [5.41, 5.74) is -0.176. The van der Waals surface area contributed by atoms with Crippen molar-refractivity contribution in [3.8, 4) is 11.5 Å². The zero-order valence-electron chi connectivity index (χ0n) is 11.3. The Balaban J connectivity index is 2.96. The maximum atomic E-state index is 11.2. The summed E-state index contributed by atoms with van der Waals surface area (Å²) in [5, 5.41) is 11.0. The van der Waals surface area contributed by atoms with Gasteiger partial charge in [0, 0.05) is 0 Å². The summed E-state index contributed by atoms with van der Waals surface area (Å²) in [7, 11) is 2.71. The molecule has 21 heavy (non-hydrogen) atoms. The lowest BCUT2D eigenvalue weighted by atomic mass is 10.1. The molecule has 0 saturated heterocycles. The zero-order valence-corrected chi connectivity index (χ0v) is 11.3. The van der Waals surface area contributed by atoms with Gasteiger partial charge in [-0.25, -0.2) is 9.59 Å². The van der Waals surface area contributed by atoms with E-state index in [0.717, 1.165) is 12.5 Å². The summed E-state index contributed by atoms with van der Waals surface area (Å²) in [6, 6.07) is 2.49. The lowest BCUT2D eigenvalue weighted by Gasteiger charge is -2.10. The Morgan fingerprint density at radius 3 is 2.43 bits per heavy atom. The molecular weight excluding hydrogens is 286 g/mol. The molecule has 0 heterocycles. The molecule has 0 aliphatic carbocycles. The smallest absolute Gasteiger partial charge is 0.418 e. The number of carbonyl (C=O) groups is 1. The molecule has 1 aromatic carbocycles. The summed E-state index contributed by atoms with van der Waals surface area (Å²) in [5.74, 6) is -0.424. The Morgan fingerprint density at radius 1 is 1.29 bits per heavy atom. The predicted molar refractivity (Wildman–Crippen MR) is 67.6 cm³/mol. The molecule has 9 nitrogen and oxygen atoms in total. The van der Waals surface area contributed by atoms with Gasteiger partial charge in [0.25, 0.3) is 5.69 Å². The second-order valence-corrected chi connectivity index (χ2v) is 3.63. The van der Waals surface area contributed by atoms with Crippen molar-refractivity contribution in [3.63, 3.8) is 0 Å². The fourth-order valence-electron chi connectivity index (χ4n) is 1.48. The van der Waals surface area contributed by atoms with E-state index in [0.29, 0.717) is 0 Å². The molecule has 0 aliphatic heterocycles. The molecule has 1 aromatic rings. The number of nitro groups is 1. The third-order valence-electron chi connectivity index (χ3n) is 2.42. The Labute approximate surface area is 119 Å². The average molecular weight is 298 g/mol. The van der Waals surface area contributed by atoms with Crippen LogP contribution in [0.1, 0.15) is 5.56 Å². The van der Waals surface area contributed by atoms with Crippen LogP contribution >= 0.6 is 0 Å². The van der Waals surface area contributed by atoms with Crippen molar-refractivity contribution in [1.29, 1.82) is 0 Å². The van der Waals surface area contributed by atoms with Gasteiger partial charge in [0.15, 0.2) is 18.1 Å². The highest BCUT2D eigenvalue weighted by Gasteiger charge is 2.20. The second-order valence-electron chi connectivity index (χ2n) is 3.63. The maximum Gasteiger partial charge on any atom is 0.418 e. The summed E-state index contributed by atoms with van der Waals surface area (Å²) in [4.78, 5) is 31.3. The van der Waals surface area contributed by atoms with Crippen LogP contribution in [0.5, 0.6) is 11.5 Å². The zero-order chi connectivity index (χ0) is 15.8. The number of methoxy groups -OCH3 is 2. The Kier molecular flexibility index (Phi) is 5.93. The molecule has 1 radical (unpaired) electrons. The topological polar surface area (TPSA) is 114 Å². The normalized spacial score (nSPS) is 9.62. The van der Waals surface area contributed by atoms with E-state index in [1.807, 2.05) is 0 Å². The van der Waals surface area contributed by atoms with Crippen molar-refractivity contribution in [2.45, 2.75) is 6.61 Å². The minimum absolute atomic E-state index is 0.112. The molecule has 0 aromatic heterocycles. The highest BCUT2D eigenvalue weighted by atomic mass is 16.6. The number of nitrogens with zero attached hydrogens (tertiary/aromatic N) is 1. The van der Waals surface area contributed by atoms with E-state index < -0.39 is 17.5 Å². The SMILES string of the molecule is COc1cc(COC(=O)CO[C]=O)c([N+](=O)[O-])cc1OC. The summed E-state index contributed by atoms with van der Waals surface area (Å²) >= 11 is 0. The van der Waals surface area contributed by atoms with Crippen LogP contribution in [0.2, 0.25) is 0 Å². The lowest BCUT2D eigenvalue weighted by Crippen LogP contribution is -2.12. The fraction of sp³-hybridized carbons (Fsp3) is 0.333. The standard InChI is InChI=1S/C12H12NO8/c1-18-10-3-8(5-21-12(15)6-20-7-14)9(13(16)17)4-11(10)19-2/h3-4H,5-6H2,1-2H3. The van der Waals surface area contributed by atoms with Gasteiger partial charge in [-0.1, -0.05) is 0 Å². The van der Waals surface area contributed by atoms with Crippen LogP contribution in [-0.2, 0) is 25.7 Å². The van der Waals surface area contributed by atoms with Gasteiger partial charge in [-0.05, 0) is 6.07 Å². The highest BCUT2D eigenvalue weighted by Crippen LogP contribution is 2.34. The monoisotopic (exact) mass is 298 g/mol. The van der Waals surface area contributed by atoms with Gasteiger partial charge < -0.3 is 18.9 Å². The molecule has 1 rings (SSSR count). The molecule has 113 valence electrons. The minimum atomic E-state index is -0.859. The van der Waals surface area contributed by atoms with Crippen molar-refractivity contribution >= 4 is 18.1 Å². The molecule has 0 fully saturated rings. The van der Waals surface area contributed by atoms with Crippen molar-refractivity contribution in [2.24, 2.45) is 0 Å². The first-order valence-corrected chi connectivity index (χ1v) is 5.57. The molecule has 0 unspecified atom stereocenters. The Hall–Kier alpha value is -2.84. The summed E-state index contributed by atoms with van der Waals surface area (Å²) in [6.45, 7) is 0.0664. The number of ether oxygens (including phenoxy) is 4. The van der Waals surface area contributed by atoms with Gasteiger partial charge in [-0.2, -0.15) is 0 Å². The third kappa shape index (κ3) is 4.34. The predicted octanol–water partition coefficient (Wildman–Crippen LogP) is 0.739. The largest absolute Gasteiger partial charge is 0.493 e. The fourth-order valence-corrected chi connectivity index (χ4v) is 1.48. The van der Waals surface area contributed by atoms with E-state index in [1.165, 1.54) is 20.3 Å². The van der Waals surface area contributed by atoms with Crippen LogP contribution in [0, 0.1) is 10.1 Å². The molecule has 0 saturated carbocycles. The van der Waals surface area contributed by atoms with Gasteiger partial charge in [0.05, 0.1) is 30.8 Å². The second kappa shape index (κ2) is 7.68. The van der Waals surface area contributed by atoms with Crippen LogP contribution < -0.4 is 9.47 Å². The average Bonchev–Trinajstić information content (AvgIpc) is 2.49. The first kappa shape index (κ1) is 16.2. The number of benzene rings is 1. The lowest BCUT2D eigenvalue weighted by molar-refractivity contribution is -0.385. The quantitative estimate of drug-likeness (QED) is 0.392. The number of hydrogen-bond donors (Lipinski definition) is 0. The Morgan fingerprint density at radius 2 is 1.90 bits per heavy atom. The molecule has 0 amide bonds. The highest BCUT2D eigenvalue weighted by molar-refractivity contribution is 5.72. The van der Waals surface area contributed by atoms with Gasteiger partial charge >= 0.3 is 12.4 Å². The first-order valence-electron chi connectivity index (χ1n) is 5.57. The van der Waals surface area contributed by atoms with E-state index in [-0.39, 0.29) is 29.4 Å². The number of carbonyl (C=O) groups excluding carboxylic acids is 2. The number of nitro benzene ring substituents is 1. The van der Waals surface area contributed by atoms with Gasteiger partial charge in [0.2, 0.25) is 0 Å². The maximum absolute atomic E-state index is 11.2. The summed E-state index contributed by atoms with van der Waals surface area (Å²) < 4.78 is 18.8. The molecule has 0 spiro atoms. The third-order valence-corrected chi connectivity index (χ3v) is 2.42. The number of hydrogen-bond acceptors (Lipinski definition) is 8. The molecule has 0 aliphatic rings. The minimum Gasteiger partial charge on any atom is -0.493 e. The van der Waals surface area contributed by atoms with Crippen molar-refractivity contribution in [1.82, 2.24) is 0 Å². The summed E-state index contributed by atoms with van der Waals surface area (Å²) in [6.07, 6.45) is 0. The first-order chi connectivity index (χ1) is 10.0. The van der Waals surface area contributed by atoms with Crippen LogP contribution in [0.15, 0.2) is 12.1 Å².